The Labute approximate surface area is 86.9 Å². The molecule has 15 heavy (non-hydrogen) atoms. The molecule has 0 aliphatic rings. The van der Waals surface area contributed by atoms with Crippen molar-refractivity contribution in [1.29, 1.82) is 5.26 Å². The SMILES string of the molecule is CN(C)C(=O)Oc1ncn(CCC#N)n1. The number of carbonyl (C=O) groups is 1. The van der Waals surface area contributed by atoms with Gasteiger partial charge in [-0.3, -0.25) is 0 Å². The molecule has 1 heterocycles. The van der Waals surface area contributed by atoms with Crippen molar-refractivity contribution in [1.82, 2.24) is 19.7 Å². The third-order valence-electron chi connectivity index (χ3n) is 1.51. The molecule has 80 valence electrons. The third-order valence-corrected chi connectivity index (χ3v) is 1.51. The average molecular weight is 209 g/mol. The molecule has 0 aromatic carbocycles. The second-order valence-corrected chi connectivity index (χ2v) is 2.96. The Hall–Kier alpha value is -2.10. The van der Waals surface area contributed by atoms with Crippen LogP contribution < -0.4 is 4.74 Å². The Bertz CT molecular complexity index is 379. The number of rotatable bonds is 3. The first-order chi connectivity index (χ1) is 7.13. The molecule has 0 spiro atoms. The zero-order valence-corrected chi connectivity index (χ0v) is 8.54. The van der Waals surface area contributed by atoms with Crippen molar-refractivity contribution in [2.75, 3.05) is 14.1 Å². The molecular weight excluding hydrogens is 198 g/mol. The number of ether oxygens (including phenoxy) is 1. The summed E-state index contributed by atoms with van der Waals surface area (Å²) in [6, 6.07) is 1.97. The standard InChI is InChI=1S/C8H11N5O2/c1-12(2)8(14)15-7-10-6-13(11-7)5-3-4-9/h6H,3,5H2,1-2H3. The summed E-state index contributed by atoms with van der Waals surface area (Å²) >= 11 is 0. The molecule has 0 N–H and O–H groups in total. The number of aromatic nitrogens is 3. The molecule has 1 aromatic heterocycles. The monoisotopic (exact) mass is 209 g/mol. The van der Waals surface area contributed by atoms with Crippen molar-refractivity contribution < 1.29 is 9.53 Å². The minimum atomic E-state index is -0.534. The molecule has 1 aromatic rings. The normalized spacial score (nSPS) is 9.40. The van der Waals surface area contributed by atoms with Crippen LogP contribution in [-0.2, 0) is 6.54 Å². The van der Waals surface area contributed by atoms with Gasteiger partial charge >= 0.3 is 12.1 Å². The van der Waals surface area contributed by atoms with Gasteiger partial charge in [0.1, 0.15) is 6.33 Å². The molecule has 1 amide bonds. The minimum Gasteiger partial charge on any atom is -0.373 e. The molecule has 0 atom stereocenters. The molecule has 7 nitrogen and oxygen atoms in total. The lowest BCUT2D eigenvalue weighted by molar-refractivity contribution is 0.167. The van der Waals surface area contributed by atoms with Gasteiger partial charge in [0.2, 0.25) is 0 Å². The van der Waals surface area contributed by atoms with Gasteiger partial charge in [-0.2, -0.15) is 10.2 Å². The smallest absolute Gasteiger partial charge is 0.373 e. The molecule has 0 bridgehead atoms. The van der Waals surface area contributed by atoms with Gasteiger partial charge in [0, 0.05) is 14.1 Å². The number of amides is 1. The Kier molecular flexibility index (Phi) is 3.62. The van der Waals surface area contributed by atoms with Crippen molar-refractivity contribution in [2.24, 2.45) is 0 Å². The predicted molar refractivity (Wildman–Crippen MR) is 50.0 cm³/mol. The molecule has 0 saturated carbocycles. The molecule has 1 rings (SSSR count). The van der Waals surface area contributed by atoms with E-state index in [9.17, 15) is 4.79 Å². The lowest BCUT2D eigenvalue weighted by Crippen LogP contribution is -2.25. The van der Waals surface area contributed by atoms with E-state index in [2.05, 4.69) is 10.1 Å². The maximum absolute atomic E-state index is 11.1. The van der Waals surface area contributed by atoms with Crippen LogP contribution in [0.5, 0.6) is 6.01 Å². The zero-order valence-electron chi connectivity index (χ0n) is 8.54. The summed E-state index contributed by atoms with van der Waals surface area (Å²) in [5, 5.41) is 12.2. The van der Waals surface area contributed by atoms with Crippen LogP contribution in [0.4, 0.5) is 4.79 Å². The lowest BCUT2D eigenvalue weighted by Gasteiger charge is -2.07. The predicted octanol–water partition coefficient (Wildman–Crippen LogP) is 0.252. The van der Waals surface area contributed by atoms with E-state index in [1.54, 1.807) is 14.1 Å². The molecule has 0 fully saturated rings. The van der Waals surface area contributed by atoms with Gasteiger partial charge in [0.15, 0.2) is 0 Å². The van der Waals surface area contributed by atoms with E-state index in [4.69, 9.17) is 10.00 Å². The first-order valence-corrected chi connectivity index (χ1v) is 4.29. The van der Waals surface area contributed by atoms with Crippen molar-refractivity contribution in [3.8, 4) is 12.1 Å². The molecular formula is C8H11N5O2. The van der Waals surface area contributed by atoms with Crippen LogP contribution in [0.2, 0.25) is 0 Å². The summed E-state index contributed by atoms with van der Waals surface area (Å²) in [6.07, 6.45) is 1.22. The van der Waals surface area contributed by atoms with Gasteiger partial charge in [-0.25, -0.2) is 9.48 Å². The average Bonchev–Trinajstić information content (AvgIpc) is 2.62. The number of hydrogen-bond donors (Lipinski definition) is 0. The highest BCUT2D eigenvalue weighted by atomic mass is 16.6. The van der Waals surface area contributed by atoms with E-state index in [-0.39, 0.29) is 6.01 Å². The molecule has 0 saturated heterocycles. The summed E-state index contributed by atoms with van der Waals surface area (Å²) in [5.74, 6) is 0. The van der Waals surface area contributed by atoms with E-state index in [0.717, 1.165) is 0 Å². The van der Waals surface area contributed by atoms with Crippen molar-refractivity contribution >= 4 is 6.09 Å². The Balaban J connectivity index is 2.53. The quantitative estimate of drug-likeness (QED) is 0.712. The summed E-state index contributed by atoms with van der Waals surface area (Å²) in [4.78, 5) is 16.1. The first-order valence-electron chi connectivity index (χ1n) is 4.29. The van der Waals surface area contributed by atoms with E-state index >= 15 is 0 Å². The lowest BCUT2D eigenvalue weighted by atomic mass is 10.5. The molecule has 0 unspecified atom stereocenters. The van der Waals surface area contributed by atoms with Crippen LogP contribution in [0, 0.1) is 11.3 Å². The van der Waals surface area contributed by atoms with Gasteiger partial charge in [0.25, 0.3) is 0 Å². The van der Waals surface area contributed by atoms with Gasteiger partial charge < -0.3 is 9.64 Å². The van der Waals surface area contributed by atoms with E-state index < -0.39 is 6.09 Å². The fourth-order valence-electron chi connectivity index (χ4n) is 0.766. The number of aryl methyl sites for hydroxylation is 1. The van der Waals surface area contributed by atoms with E-state index in [1.165, 1.54) is 15.9 Å². The zero-order chi connectivity index (χ0) is 11.3. The molecule has 0 aliphatic carbocycles. The van der Waals surface area contributed by atoms with Gasteiger partial charge in [-0.05, 0) is 0 Å². The maximum Gasteiger partial charge on any atom is 0.417 e. The van der Waals surface area contributed by atoms with Crippen LogP contribution in [0.25, 0.3) is 0 Å². The van der Waals surface area contributed by atoms with Crippen LogP contribution in [0.3, 0.4) is 0 Å². The molecule has 7 heteroatoms. The second kappa shape index (κ2) is 4.95. The van der Waals surface area contributed by atoms with Crippen LogP contribution in [0.15, 0.2) is 6.33 Å². The minimum absolute atomic E-state index is 0.00774. The fourth-order valence-corrected chi connectivity index (χ4v) is 0.766. The summed E-state index contributed by atoms with van der Waals surface area (Å²) in [5.41, 5.74) is 0. The van der Waals surface area contributed by atoms with E-state index in [1.807, 2.05) is 6.07 Å². The summed E-state index contributed by atoms with van der Waals surface area (Å²) < 4.78 is 6.24. The Morgan fingerprint density at radius 1 is 1.73 bits per heavy atom. The number of nitrogens with zero attached hydrogens (tertiary/aromatic N) is 5. The molecule has 0 radical (unpaired) electrons. The highest BCUT2D eigenvalue weighted by molar-refractivity contribution is 5.68. The number of nitriles is 1. The van der Waals surface area contributed by atoms with Crippen molar-refractivity contribution in [2.45, 2.75) is 13.0 Å². The number of carbonyl (C=O) groups excluding carboxylic acids is 1. The largest absolute Gasteiger partial charge is 0.417 e. The fraction of sp³-hybridized carbons (Fsp3) is 0.500. The van der Waals surface area contributed by atoms with Crippen LogP contribution >= 0.6 is 0 Å². The van der Waals surface area contributed by atoms with Gasteiger partial charge in [-0.1, -0.05) is 0 Å². The summed E-state index contributed by atoms with van der Waals surface area (Å²) in [7, 11) is 3.13. The molecule has 0 aliphatic heterocycles. The number of hydrogen-bond acceptors (Lipinski definition) is 5. The second-order valence-electron chi connectivity index (χ2n) is 2.96. The highest BCUT2D eigenvalue weighted by Gasteiger charge is 2.10. The van der Waals surface area contributed by atoms with Gasteiger partial charge in [-0.15, -0.1) is 5.10 Å². The van der Waals surface area contributed by atoms with Crippen LogP contribution in [0.1, 0.15) is 6.42 Å². The van der Waals surface area contributed by atoms with E-state index in [0.29, 0.717) is 13.0 Å². The van der Waals surface area contributed by atoms with Crippen LogP contribution in [-0.4, -0.2) is 39.9 Å². The summed E-state index contributed by atoms with van der Waals surface area (Å²) in [6.45, 7) is 0.434. The Morgan fingerprint density at radius 2 is 2.47 bits per heavy atom. The van der Waals surface area contributed by atoms with Crippen molar-refractivity contribution in [3.63, 3.8) is 0 Å². The highest BCUT2D eigenvalue weighted by Crippen LogP contribution is 2.01. The van der Waals surface area contributed by atoms with Gasteiger partial charge in [0.05, 0.1) is 19.0 Å². The Morgan fingerprint density at radius 3 is 3.07 bits per heavy atom. The topological polar surface area (TPSA) is 84.0 Å². The maximum atomic E-state index is 11.1. The first kappa shape index (κ1) is 11.0. The third kappa shape index (κ3) is 3.27. The van der Waals surface area contributed by atoms with Crippen molar-refractivity contribution in [3.05, 3.63) is 6.33 Å².